The molecule has 0 aliphatic carbocycles. The minimum Gasteiger partial charge on any atom is -0.391 e. The van der Waals surface area contributed by atoms with Crippen LogP contribution in [0.4, 0.5) is 10.5 Å². The molecule has 0 bridgehead atoms. The molecular formula is C28H44N7O11PS. The number of nitrogens with zero attached hydrogens (tertiary/aromatic N) is 1. The average Bonchev–Trinajstić information content (AvgIpc) is 3.69. The lowest BCUT2D eigenvalue weighted by Crippen LogP contribution is -2.36. The second-order valence-electron chi connectivity index (χ2n) is 11.8. The lowest BCUT2D eigenvalue weighted by Gasteiger charge is -2.17. The zero-order valence-electron chi connectivity index (χ0n) is 26.3. The van der Waals surface area contributed by atoms with E-state index in [0.717, 1.165) is 61.5 Å². The van der Waals surface area contributed by atoms with Crippen LogP contribution in [0, 0.1) is 0 Å². The Hall–Kier alpha value is -3.19. The molecule has 18 nitrogen and oxygen atoms in total. The minimum absolute atomic E-state index is 0.0547. The van der Waals surface area contributed by atoms with Crippen LogP contribution in [-0.2, 0) is 23.4 Å². The SMILES string of the molecule is O=C(/C=C/NCCCCCCNC(=O)CCCC[C@@H]1SC[C@@H]2NC(=O)N[C@@H]21)Nc1cn([C@H]2C[C@H](O)[C@@H](COP(=O)(O)O)O2)c(=O)[nH]c1=O. The smallest absolute Gasteiger partial charge is 0.391 e. The Labute approximate surface area is 280 Å². The Kier molecular flexibility index (Phi) is 14.1. The predicted molar refractivity (Wildman–Crippen MR) is 175 cm³/mol. The van der Waals surface area contributed by atoms with E-state index in [1.54, 1.807) is 0 Å². The molecule has 1 aromatic heterocycles. The summed E-state index contributed by atoms with van der Waals surface area (Å²) in [5.74, 6) is 0.350. The maximum atomic E-state index is 12.3. The number of aliphatic hydroxyl groups excluding tert-OH is 1. The fraction of sp³-hybridized carbons (Fsp3) is 0.679. The summed E-state index contributed by atoms with van der Waals surface area (Å²) in [4.78, 5) is 80.2. The number of ether oxygens (including phenoxy) is 1. The highest BCUT2D eigenvalue weighted by molar-refractivity contribution is 8.00. The van der Waals surface area contributed by atoms with Gasteiger partial charge in [-0.05, 0) is 25.7 Å². The molecule has 4 heterocycles. The molecule has 0 saturated carbocycles. The number of fused-ring (bicyclic) bond motifs is 1. The summed E-state index contributed by atoms with van der Waals surface area (Å²) in [6.45, 7) is 0.610. The van der Waals surface area contributed by atoms with Gasteiger partial charge in [-0.1, -0.05) is 19.3 Å². The molecule has 6 atom stereocenters. The molecular weight excluding hydrogens is 673 g/mol. The van der Waals surface area contributed by atoms with Gasteiger partial charge in [0.05, 0.1) is 24.8 Å². The van der Waals surface area contributed by atoms with Gasteiger partial charge in [0.1, 0.15) is 18.0 Å². The third-order valence-corrected chi connectivity index (χ3v) is 10.1. The average molecular weight is 718 g/mol. The summed E-state index contributed by atoms with van der Waals surface area (Å²) in [6.07, 6.45) is 6.96. The Balaban J connectivity index is 1.03. The number of phosphoric ester groups is 1. The van der Waals surface area contributed by atoms with Crippen LogP contribution in [0.2, 0.25) is 0 Å². The van der Waals surface area contributed by atoms with Gasteiger partial charge in [0.2, 0.25) is 11.8 Å². The second-order valence-corrected chi connectivity index (χ2v) is 14.3. The van der Waals surface area contributed by atoms with Crippen LogP contribution in [0.15, 0.2) is 28.1 Å². The number of nitrogens with one attached hydrogen (secondary N) is 6. The van der Waals surface area contributed by atoms with Crippen molar-refractivity contribution in [2.75, 3.05) is 30.8 Å². The van der Waals surface area contributed by atoms with Crippen molar-refractivity contribution in [2.45, 2.75) is 93.6 Å². The van der Waals surface area contributed by atoms with E-state index < -0.39 is 50.0 Å². The van der Waals surface area contributed by atoms with Gasteiger partial charge in [-0.15, -0.1) is 0 Å². The number of aromatic amines is 1. The Morgan fingerprint density at radius 2 is 1.88 bits per heavy atom. The molecule has 3 aliphatic rings. The van der Waals surface area contributed by atoms with E-state index in [4.69, 9.17) is 14.5 Å². The number of unbranched alkanes of at least 4 members (excludes halogenated alkanes) is 4. The monoisotopic (exact) mass is 717 g/mol. The largest absolute Gasteiger partial charge is 0.469 e. The minimum atomic E-state index is -4.80. The molecule has 9 N–H and O–H groups in total. The molecule has 1 aromatic rings. The maximum absolute atomic E-state index is 12.3. The number of hydrogen-bond acceptors (Lipinski definition) is 11. The Morgan fingerprint density at radius 1 is 1.10 bits per heavy atom. The summed E-state index contributed by atoms with van der Waals surface area (Å²) < 4.78 is 21.7. The van der Waals surface area contributed by atoms with Gasteiger partial charge in [-0.25, -0.2) is 14.2 Å². The molecule has 3 fully saturated rings. The predicted octanol–water partition coefficient (Wildman–Crippen LogP) is -0.261. The van der Waals surface area contributed by atoms with Crippen molar-refractivity contribution in [3.8, 4) is 0 Å². The van der Waals surface area contributed by atoms with E-state index in [1.807, 2.05) is 11.8 Å². The molecule has 4 rings (SSSR count). The summed E-state index contributed by atoms with van der Waals surface area (Å²) in [7, 11) is -4.80. The number of amides is 4. The Bertz CT molecular complexity index is 1470. The summed E-state index contributed by atoms with van der Waals surface area (Å²) >= 11 is 1.88. The summed E-state index contributed by atoms with van der Waals surface area (Å²) in [5, 5.41) is 24.8. The molecule has 0 spiro atoms. The Morgan fingerprint density at radius 3 is 2.65 bits per heavy atom. The fourth-order valence-electron chi connectivity index (χ4n) is 5.68. The highest BCUT2D eigenvalue weighted by Crippen LogP contribution is 2.38. The van der Waals surface area contributed by atoms with Gasteiger partial charge in [-0.2, -0.15) is 11.8 Å². The zero-order chi connectivity index (χ0) is 34.7. The number of urea groups is 1. The zero-order valence-corrected chi connectivity index (χ0v) is 28.0. The van der Waals surface area contributed by atoms with Gasteiger partial charge in [0, 0.05) is 55.4 Å². The lowest BCUT2D eigenvalue weighted by atomic mass is 10.0. The number of rotatable bonds is 19. The number of thioether (sulfide) groups is 1. The van der Waals surface area contributed by atoms with Crippen molar-refractivity contribution >= 4 is 43.1 Å². The highest BCUT2D eigenvalue weighted by atomic mass is 32.2. The lowest BCUT2D eigenvalue weighted by molar-refractivity contribution is -0.121. The van der Waals surface area contributed by atoms with Crippen molar-refractivity contribution in [1.82, 2.24) is 30.8 Å². The van der Waals surface area contributed by atoms with Crippen LogP contribution < -0.4 is 37.8 Å². The van der Waals surface area contributed by atoms with Crippen LogP contribution in [-0.4, -0.2) is 97.3 Å². The van der Waals surface area contributed by atoms with Crippen LogP contribution in [0.25, 0.3) is 0 Å². The number of aliphatic hydroxyl groups is 1. The van der Waals surface area contributed by atoms with Gasteiger partial charge in [0.25, 0.3) is 5.56 Å². The summed E-state index contributed by atoms with van der Waals surface area (Å²) in [6, 6.07) is 0.330. The standard InChI is InChI=1S/C28H44N7O11PS/c36-19-13-24(46-20(19)15-45-47(42,43)44)35-14-17(26(39)34-28(35)41)31-23(38)9-12-29-10-5-1-2-6-11-30-22(37)8-4-3-7-21-25-18(16-48-21)32-27(40)33-25/h9,12,14,18-21,24-25,29,36H,1-8,10-11,13,15-16H2,(H,30,37)(H,31,38)(H2,32,33,40)(H,34,39,41)(H2,42,43,44)/b12-9+/t18-,19-,20+,21-,24+,25-/m0/s1. The first-order valence-corrected chi connectivity index (χ1v) is 18.5. The van der Waals surface area contributed by atoms with Gasteiger partial charge in [0.15, 0.2) is 0 Å². The number of carbonyl (C=O) groups excluding carboxylic acids is 3. The van der Waals surface area contributed by atoms with E-state index in [-0.39, 0.29) is 36.1 Å². The van der Waals surface area contributed by atoms with Gasteiger partial charge in [-0.3, -0.25) is 28.5 Å². The number of H-pyrrole nitrogens is 1. The molecule has 268 valence electrons. The van der Waals surface area contributed by atoms with E-state index in [1.165, 1.54) is 12.3 Å². The molecule has 4 amide bonds. The topological polar surface area (TPSA) is 262 Å². The number of phosphoric acid groups is 1. The molecule has 0 radical (unpaired) electrons. The molecule has 0 aromatic carbocycles. The number of aromatic nitrogens is 2. The number of hydrogen-bond donors (Lipinski definition) is 9. The first-order chi connectivity index (χ1) is 22.9. The quantitative estimate of drug-likeness (QED) is 0.0387. The van der Waals surface area contributed by atoms with Crippen molar-refractivity contribution in [2.24, 2.45) is 0 Å². The second kappa shape index (κ2) is 18.0. The molecule has 48 heavy (non-hydrogen) atoms. The first-order valence-electron chi connectivity index (χ1n) is 15.9. The van der Waals surface area contributed by atoms with E-state index in [0.29, 0.717) is 24.8 Å². The molecule has 20 heteroatoms. The van der Waals surface area contributed by atoms with Crippen molar-refractivity contribution in [1.29, 1.82) is 0 Å². The molecule has 3 saturated heterocycles. The highest BCUT2D eigenvalue weighted by Gasteiger charge is 2.42. The van der Waals surface area contributed by atoms with Gasteiger partial charge < -0.3 is 46.2 Å². The van der Waals surface area contributed by atoms with Crippen LogP contribution >= 0.6 is 19.6 Å². The third-order valence-electron chi connectivity index (χ3n) is 8.15. The molecule has 3 aliphatic heterocycles. The van der Waals surface area contributed by atoms with Crippen molar-refractivity contribution in [3.63, 3.8) is 0 Å². The third kappa shape index (κ3) is 11.7. The maximum Gasteiger partial charge on any atom is 0.469 e. The normalized spacial score (nSPS) is 25.1. The van der Waals surface area contributed by atoms with E-state index >= 15 is 0 Å². The fourth-order valence-corrected chi connectivity index (χ4v) is 7.57. The van der Waals surface area contributed by atoms with Crippen LogP contribution in [0.3, 0.4) is 0 Å². The number of anilines is 1. The van der Waals surface area contributed by atoms with E-state index in [2.05, 4.69) is 36.1 Å². The van der Waals surface area contributed by atoms with E-state index in [9.17, 15) is 33.6 Å². The summed E-state index contributed by atoms with van der Waals surface area (Å²) in [5.41, 5.74) is -1.96. The van der Waals surface area contributed by atoms with Crippen LogP contribution in [0.1, 0.15) is 64.0 Å². The van der Waals surface area contributed by atoms with Gasteiger partial charge >= 0.3 is 19.5 Å². The van der Waals surface area contributed by atoms with Crippen LogP contribution in [0.5, 0.6) is 0 Å². The van der Waals surface area contributed by atoms with Crippen molar-refractivity contribution in [3.05, 3.63) is 39.3 Å². The molecule has 0 unspecified atom stereocenters. The first kappa shape index (κ1) is 37.6. The number of carbonyl (C=O) groups is 3. The van der Waals surface area contributed by atoms with Crippen molar-refractivity contribution < 1.29 is 43.1 Å².